The highest BCUT2D eigenvalue weighted by atomic mass is 16.4. The summed E-state index contributed by atoms with van der Waals surface area (Å²) in [5.41, 5.74) is 4.89. The molecule has 0 unspecified atom stereocenters. The topological polar surface area (TPSA) is 106 Å². The smallest absolute Gasteiger partial charge is 0.234 e. The molecule has 0 radical (unpaired) electrons. The van der Waals surface area contributed by atoms with Crippen molar-refractivity contribution in [3.8, 4) is 0 Å². The number of imidazole rings is 1. The number of hydrogen-bond acceptors (Lipinski definition) is 4. The first-order valence-electron chi connectivity index (χ1n) is 7.32. The zero-order valence-electron chi connectivity index (χ0n) is 12.7. The summed E-state index contributed by atoms with van der Waals surface area (Å²) < 4.78 is 1.88. The van der Waals surface area contributed by atoms with Crippen molar-refractivity contribution >= 4 is 11.7 Å². The Balaban J connectivity index is 2.74. The fourth-order valence-electron chi connectivity index (χ4n) is 2.56. The zero-order valence-corrected chi connectivity index (χ0v) is 12.7. The van der Waals surface area contributed by atoms with Crippen LogP contribution in [0.15, 0.2) is 23.9 Å². The van der Waals surface area contributed by atoms with Gasteiger partial charge in [-0.3, -0.25) is 4.79 Å². The first kappa shape index (κ1) is 17.0. The van der Waals surface area contributed by atoms with Crippen LogP contribution in [0.3, 0.4) is 0 Å². The Morgan fingerprint density at radius 2 is 2.10 bits per heavy atom. The maximum atomic E-state index is 12.6. The van der Waals surface area contributed by atoms with Crippen LogP contribution in [0.1, 0.15) is 39.5 Å². The minimum atomic E-state index is -0.923. The van der Waals surface area contributed by atoms with E-state index in [1.54, 1.807) is 12.5 Å². The molecular weight excluding hydrogens is 270 g/mol. The number of amides is 1. The summed E-state index contributed by atoms with van der Waals surface area (Å²) in [5, 5.41) is 15.0. The summed E-state index contributed by atoms with van der Waals surface area (Å²) in [4.78, 5) is 16.5. The van der Waals surface area contributed by atoms with Gasteiger partial charge in [0.15, 0.2) is 5.84 Å². The lowest BCUT2D eigenvalue weighted by Crippen LogP contribution is -2.50. The number of carbonyl (C=O) groups excluding carboxylic acids is 1. The van der Waals surface area contributed by atoms with Gasteiger partial charge in [0.2, 0.25) is 5.91 Å². The van der Waals surface area contributed by atoms with Crippen molar-refractivity contribution in [2.24, 2.45) is 16.3 Å². The average Bonchev–Trinajstić information content (AvgIpc) is 2.99. The van der Waals surface area contributed by atoms with E-state index in [2.05, 4.69) is 15.5 Å². The highest BCUT2D eigenvalue weighted by molar-refractivity contribution is 6.06. The van der Waals surface area contributed by atoms with Gasteiger partial charge in [-0.25, -0.2) is 4.98 Å². The number of oxime groups is 1. The molecule has 0 saturated heterocycles. The molecule has 118 valence electrons. The number of amidine groups is 1. The average molecular weight is 295 g/mol. The van der Waals surface area contributed by atoms with Crippen molar-refractivity contribution in [1.82, 2.24) is 14.9 Å². The lowest BCUT2D eigenvalue weighted by atomic mass is 9.77. The Morgan fingerprint density at radius 1 is 1.43 bits per heavy atom. The number of aromatic nitrogens is 2. The summed E-state index contributed by atoms with van der Waals surface area (Å²) in [6.45, 7) is 5.07. The number of carbonyl (C=O) groups is 1. The molecule has 21 heavy (non-hydrogen) atoms. The lowest BCUT2D eigenvalue weighted by molar-refractivity contribution is -0.128. The van der Waals surface area contributed by atoms with Crippen LogP contribution in [0.4, 0.5) is 0 Å². The molecule has 0 saturated carbocycles. The number of nitrogens with two attached hydrogens (primary N) is 1. The highest BCUT2D eigenvalue weighted by Gasteiger charge is 2.41. The van der Waals surface area contributed by atoms with Gasteiger partial charge >= 0.3 is 0 Å². The van der Waals surface area contributed by atoms with Crippen LogP contribution in [0.2, 0.25) is 0 Å². The second kappa shape index (κ2) is 8.28. The van der Waals surface area contributed by atoms with Gasteiger partial charge in [-0.1, -0.05) is 31.8 Å². The van der Waals surface area contributed by atoms with E-state index in [1.807, 2.05) is 24.6 Å². The molecule has 0 fully saturated rings. The molecular formula is C14H25N5O2. The first-order valence-corrected chi connectivity index (χ1v) is 7.32. The predicted molar refractivity (Wildman–Crippen MR) is 80.9 cm³/mol. The molecule has 0 aliphatic heterocycles. The molecule has 1 aromatic heterocycles. The van der Waals surface area contributed by atoms with Crippen molar-refractivity contribution in [2.45, 2.75) is 46.1 Å². The summed E-state index contributed by atoms with van der Waals surface area (Å²) in [7, 11) is 0. The van der Waals surface area contributed by atoms with E-state index in [0.29, 0.717) is 25.9 Å². The summed E-state index contributed by atoms with van der Waals surface area (Å²) in [5.74, 6) is -0.187. The number of nitrogens with zero attached hydrogens (tertiary/aromatic N) is 3. The fourth-order valence-corrected chi connectivity index (χ4v) is 2.56. The van der Waals surface area contributed by atoms with Crippen LogP contribution < -0.4 is 11.1 Å². The van der Waals surface area contributed by atoms with E-state index >= 15 is 0 Å². The normalized spacial score (nSPS) is 12.4. The first-order chi connectivity index (χ1) is 10.1. The molecule has 7 nitrogen and oxygen atoms in total. The molecule has 1 amide bonds. The standard InChI is InChI=1S/C14H25N5O2/c1-3-5-14(6-4-2,12(15)18-21)13(20)17-8-10-19-9-7-16-11-19/h7,9,11,21H,3-6,8,10H2,1-2H3,(H2,15,18)(H,17,20). The highest BCUT2D eigenvalue weighted by Crippen LogP contribution is 2.30. The molecule has 1 rings (SSSR count). The van der Waals surface area contributed by atoms with Gasteiger partial charge in [0.1, 0.15) is 5.41 Å². The van der Waals surface area contributed by atoms with Crippen molar-refractivity contribution in [2.75, 3.05) is 6.54 Å². The Hall–Kier alpha value is -2.05. The Bertz CT molecular complexity index is 450. The minimum absolute atomic E-state index is 0.00803. The van der Waals surface area contributed by atoms with E-state index in [0.717, 1.165) is 12.8 Å². The van der Waals surface area contributed by atoms with Crippen LogP contribution in [0.5, 0.6) is 0 Å². The van der Waals surface area contributed by atoms with Gasteiger partial charge in [-0.2, -0.15) is 0 Å². The van der Waals surface area contributed by atoms with Crippen molar-refractivity contribution in [3.05, 3.63) is 18.7 Å². The SMILES string of the molecule is CCCC(CCC)(C(=O)NCCn1ccnc1)C(N)=NO. The largest absolute Gasteiger partial charge is 0.409 e. The molecule has 1 heterocycles. The monoisotopic (exact) mass is 295 g/mol. The molecule has 4 N–H and O–H groups in total. The van der Waals surface area contributed by atoms with Crippen molar-refractivity contribution < 1.29 is 10.0 Å². The third-order valence-corrected chi connectivity index (χ3v) is 3.60. The van der Waals surface area contributed by atoms with Crippen LogP contribution in [0, 0.1) is 5.41 Å². The van der Waals surface area contributed by atoms with Crippen molar-refractivity contribution in [1.29, 1.82) is 0 Å². The number of hydrogen-bond donors (Lipinski definition) is 3. The molecule has 0 spiro atoms. The molecule has 0 atom stereocenters. The van der Waals surface area contributed by atoms with E-state index in [1.165, 1.54) is 0 Å². The van der Waals surface area contributed by atoms with Gasteiger partial charge < -0.3 is 20.8 Å². The Kier molecular flexibility index (Phi) is 6.71. The van der Waals surface area contributed by atoms with Gasteiger partial charge in [0.05, 0.1) is 6.33 Å². The second-order valence-electron chi connectivity index (χ2n) is 5.12. The Morgan fingerprint density at radius 3 is 2.57 bits per heavy atom. The van der Waals surface area contributed by atoms with Crippen LogP contribution >= 0.6 is 0 Å². The number of rotatable bonds is 9. The summed E-state index contributed by atoms with van der Waals surface area (Å²) >= 11 is 0. The molecule has 0 bridgehead atoms. The minimum Gasteiger partial charge on any atom is -0.409 e. The van der Waals surface area contributed by atoms with Gasteiger partial charge in [0.25, 0.3) is 0 Å². The maximum Gasteiger partial charge on any atom is 0.234 e. The van der Waals surface area contributed by atoms with E-state index in [-0.39, 0.29) is 11.7 Å². The predicted octanol–water partition coefficient (Wildman–Crippen LogP) is 1.33. The van der Waals surface area contributed by atoms with Gasteiger partial charge in [-0.15, -0.1) is 0 Å². The van der Waals surface area contributed by atoms with Crippen molar-refractivity contribution in [3.63, 3.8) is 0 Å². The van der Waals surface area contributed by atoms with Crippen LogP contribution in [-0.4, -0.2) is 33.0 Å². The Labute approximate surface area is 125 Å². The fraction of sp³-hybridized carbons (Fsp3) is 0.643. The molecule has 0 aliphatic rings. The van der Waals surface area contributed by atoms with Gasteiger partial charge in [-0.05, 0) is 12.8 Å². The van der Waals surface area contributed by atoms with E-state index < -0.39 is 5.41 Å². The number of nitrogens with one attached hydrogen (secondary N) is 1. The molecule has 1 aromatic rings. The molecule has 0 aliphatic carbocycles. The third-order valence-electron chi connectivity index (χ3n) is 3.60. The summed E-state index contributed by atoms with van der Waals surface area (Å²) in [6.07, 6.45) is 7.91. The summed E-state index contributed by atoms with van der Waals surface area (Å²) in [6, 6.07) is 0. The lowest BCUT2D eigenvalue weighted by Gasteiger charge is -2.30. The quantitative estimate of drug-likeness (QED) is 0.276. The molecule has 0 aromatic carbocycles. The molecule has 7 heteroatoms. The maximum absolute atomic E-state index is 12.6. The zero-order chi connectivity index (χ0) is 15.7. The van der Waals surface area contributed by atoms with E-state index in [9.17, 15) is 4.79 Å². The van der Waals surface area contributed by atoms with Crippen LogP contribution in [0.25, 0.3) is 0 Å². The van der Waals surface area contributed by atoms with Gasteiger partial charge in [0, 0.05) is 25.5 Å². The van der Waals surface area contributed by atoms with E-state index in [4.69, 9.17) is 10.9 Å². The third kappa shape index (κ3) is 4.21. The second-order valence-corrected chi connectivity index (χ2v) is 5.12. The van der Waals surface area contributed by atoms with Crippen LogP contribution in [-0.2, 0) is 11.3 Å².